The van der Waals surface area contributed by atoms with Crippen molar-refractivity contribution in [1.82, 2.24) is 5.32 Å². The van der Waals surface area contributed by atoms with E-state index in [0.29, 0.717) is 23.4 Å². The Hall–Kier alpha value is -3.19. The maximum absolute atomic E-state index is 12.0. The quantitative estimate of drug-likeness (QED) is 0.489. The first kappa shape index (κ1) is 17.6. The van der Waals surface area contributed by atoms with Gasteiger partial charge in [0, 0.05) is 35.9 Å². The summed E-state index contributed by atoms with van der Waals surface area (Å²) in [7, 11) is 0. The number of ether oxygens (including phenoxy) is 2. The van der Waals surface area contributed by atoms with Crippen molar-refractivity contribution in [1.29, 1.82) is 0 Å². The molecule has 1 N–H and O–H groups in total. The molecule has 0 unspecified atom stereocenters. The number of nitrogens with one attached hydrogen (secondary N) is 1. The van der Waals surface area contributed by atoms with Crippen LogP contribution < -0.4 is 10.1 Å². The van der Waals surface area contributed by atoms with Gasteiger partial charge in [-0.05, 0) is 18.1 Å². The normalized spacial score (nSPS) is 13.1. The number of amides is 1. The van der Waals surface area contributed by atoms with Crippen LogP contribution in [0, 0.1) is 10.1 Å². The summed E-state index contributed by atoms with van der Waals surface area (Å²) in [4.78, 5) is 22.6. The zero-order chi connectivity index (χ0) is 18.4. The summed E-state index contributed by atoms with van der Waals surface area (Å²) >= 11 is 0. The summed E-state index contributed by atoms with van der Waals surface area (Å²) in [6, 6.07) is 12.6. The highest BCUT2D eigenvalue weighted by molar-refractivity contribution is 5.92. The molecule has 26 heavy (non-hydrogen) atoms. The number of nitrogens with zero attached hydrogens (tertiary/aromatic N) is 1. The first-order valence-electron chi connectivity index (χ1n) is 8.15. The van der Waals surface area contributed by atoms with Gasteiger partial charge in [-0.15, -0.1) is 0 Å². The Morgan fingerprint density at radius 3 is 2.85 bits per heavy atom. The fourth-order valence-electron chi connectivity index (χ4n) is 2.66. The number of fused-ring (bicyclic) bond motifs is 1. The van der Waals surface area contributed by atoms with E-state index >= 15 is 0 Å². The first-order valence-corrected chi connectivity index (χ1v) is 8.15. The van der Waals surface area contributed by atoms with E-state index in [1.807, 2.05) is 30.3 Å². The number of benzene rings is 2. The molecule has 1 heterocycles. The zero-order valence-electron chi connectivity index (χ0n) is 14.0. The summed E-state index contributed by atoms with van der Waals surface area (Å²) < 4.78 is 10.6. The smallest absolute Gasteiger partial charge is 0.270 e. The molecule has 0 aromatic heterocycles. The van der Waals surface area contributed by atoms with Gasteiger partial charge in [-0.1, -0.05) is 30.3 Å². The monoisotopic (exact) mass is 354 g/mol. The maximum Gasteiger partial charge on any atom is 0.270 e. The topological polar surface area (TPSA) is 90.7 Å². The zero-order valence-corrected chi connectivity index (χ0v) is 14.0. The Bertz CT molecular complexity index is 833. The van der Waals surface area contributed by atoms with Crippen molar-refractivity contribution in [2.75, 3.05) is 13.3 Å². The minimum absolute atomic E-state index is 0.0676. The molecular formula is C19H18N2O5. The van der Waals surface area contributed by atoms with Crippen LogP contribution in [0.2, 0.25) is 0 Å². The molecule has 0 aliphatic carbocycles. The van der Waals surface area contributed by atoms with Gasteiger partial charge in [0.25, 0.3) is 5.69 Å². The van der Waals surface area contributed by atoms with E-state index in [2.05, 4.69) is 5.32 Å². The average molecular weight is 354 g/mol. The van der Waals surface area contributed by atoms with Crippen LogP contribution in [-0.2, 0) is 22.6 Å². The lowest BCUT2D eigenvalue weighted by Gasteiger charge is -2.19. The van der Waals surface area contributed by atoms with Crippen LogP contribution in [0.25, 0.3) is 6.08 Å². The second-order valence-corrected chi connectivity index (χ2v) is 5.75. The summed E-state index contributed by atoms with van der Waals surface area (Å²) in [6.45, 7) is 0.820. The van der Waals surface area contributed by atoms with Crippen LogP contribution in [0.5, 0.6) is 5.75 Å². The lowest BCUT2D eigenvalue weighted by Crippen LogP contribution is -2.23. The third kappa shape index (κ3) is 4.46. The van der Waals surface area contributed by atoms with Crippen LogP contribution in [-0.4, -0.2) is 24.2 Å². The van der Waals surface area contributed by atoms with Gasteiger partial charge < -0.3 is 14.8 Å². The molecule has 2 aromatic carbocycles. The van der Waals surface area contributed by atoms with Crippen molar-refractivity contribution in [3.05, 3.63) is 75.3 Å². The average Bonchev–Trinajstić information content (AvgIpc) is 2.66. The van der Waals surface area contributed by atoms with E-state index in [-0.39, 0.29) is 25.0 Å². The molecule has 7 nitrogen and oxygen atoms in total. The predicted octanol–water partition coefficient (Wildman–Crippen LogP) is 2.83. The number of rotatable bonds is 6. The van der Waals surface area contributed by atoms with Crippen molar-refractivity contribution >= 4 is 17.7 Å². The van der Waals surface area contributed by atoms with Crippen molar-refractivity contribution in [3.8, 4) is 5.75 Å². The third-order valence-electron chi connectivity index (χ3n) is 3.90. The van der Waals surface area contributed by atoms with E-state index in [9.17, 15) is 14.9 Å². The number of hydrogen-bond donors (Lipinski definition) is 1. The Labute approximate surface area is 150 Å². The van der Waals surface area contributed by atoms with Gasteiger partial charge >= 0.3 is 0 Å². The minimum Gasteiger partial charge on any atom is -0.467 e. The van der Waals surface area contributed by atoms with Crippen molar-refractivity contribution < 1.29 is 19.2 Å². The molecule has 0 saturated heterocycles. The molecule has 0 bridgehead atoms. The van der Waals surface area contributed by atoms with Gasteiger partial charge in [-0.2, -0.15) is 0 Å². The van der Waals surface area contributed by atoms with Crippen molar-refractivity contribution in [3.63, 3.8) is 0 Å². The number of hydrogen-bond acceptors (Lipinski definition) is 5. The largest absolute Gasteiger partial charge is 0.467 e. The van der Waals surface area contributed by atoms with Crippen LogP contribution in [0.4, 0.5) is 5.69 Å². The van der Waals surface area contributed by atoms with Crippen LogP contribution in [0.1, 0.15) is 16.7 Å². The van der Waals surface area contributed by atoms with Gasteiger partial charge in [0.05, 0.1) is 11.5 Å². The number of carbonyl (C=O) groups is 1. The second kappa shape index (κ2) is 8.26. The number of nitro groups is 1. The maximum atomic E-state index is 12.0. The second-order valence-electron chi connectivity index (χ2n) is 5.75. The molecule has 7 heteroatoms. The van der Waals surface area contributed by atoms with E-state index in [1.165, 1.54) is 24.3 Å². The molecule has 0 saturated carbocycles. The van der Waals surface area contributed by atoms with Crippen molar-refractivity contribution in [2.24, 2.45) is 0 Å². The van der Waals surface area contributed by atoms with Crippen molar-refractivity contribution in [2.45, 2.75) is 13.0 Å². The molecular weight excluding hydrogens is 336 g/mol. The predicted molar refractivity (Wildman–Crippen MR) is 95.6 cm³/mol. The van der Waals surface area contributed by atoms with Gasteiger partial charge in [-0.3, -0.25) is 14.9 Å². The molecule has 1 aliphatic heterocycles. The van der Waals surface area contributed by atoms with E-state index in [0.717, 1.165) is 12.0 Å². The Balaban J connectivity index is 1.66. The summed E-state index contributed by atoms with van der Waals surface area (Å²) in [5, 5.41) is 13.9. The van der Waals surface area contributed by atoms with E-state index in [4.69, 9.17) is 9.47 Å². The molecule has 2 aromatic rings. The SMILES string of the molecule is O=C(C=Cc1cc([N+](=O)[O-])cc2c1OCOC2)NCCc1ccccc1. The summed E-state index contributed by atoms with van der Waals surface area (Å²) in [6.07, 6.45) is 3.60. The molecule has 1 aliphatic rings. The van der Waals surface area contributed by atoms with Gasteiger partial charge in [-0.25, -0.2) is 0 Å². The highest BCUT2D eigenvalue weighted by Gasteiger charge is 2.19. The molecule has 134 valence electrons. The molecule has 0 atom stereocenters. The highest BCUT2D eigenvalue weighted by atomic mass is 16.7. The Morgan fingerprint density at radius 2 is 2.08 bits per heavy atom. The number of non-ortho nitro benzene ring substituents is 1. The molecule has 0 radical (unpaired) electrons. The lowest BCUT2D eigenvalue weighted by atomic mass is 10.1. The van der Waals surface area contributed by atoms with Crippen LogP contribution in [0.3, 0.4) is 0 Å². The molecule has 3 rings (SSSR count). The first-order chi connectivity index (χ1) is 12.6. The van der Waals surface area contributed by atoms with Gasteiger partial charge in [0.15, 0.2) is 6.79 Å². The fraction of sp³-hybridized carbons (Fsp3) is 0.211. The fourth-order valence-corrected chi connectivity index (χ4v) is 2.66. The van der Waals surface area contributed by atoms with Gasteiger partial charge in [0.1, 0.15) is 5.75 Å². The van der Waals surface area contributed by atoms with Crippen LogP contribution in [0.15, 0.2) is 48.5 Å². The standard InChI is InChI=1S/C19H18N2O5/c22-18(20-9-8-14-4-2-1-3-5-14)7-6-15-10-17(21(23)24)11-16-12-25-13-26-19(15)16/h1-7,10-11H,8-9,12-13H2,(H,20,22). The third-order valence-corrected chi connectivity index (χ3v) is 3.90. The number of nitro benzene ring substituents is 1. The highest BCUT2D eigenvalue weighted by Crippen LogP contribution is 2.33. The molecule has 1 amide bonds. The van der Waals surface area contributed by atoms with Gasteiger partial charge in [0.2, 0.25) is 5.91 Å². The minimum atomic E-state index is -0.480. The summed E-state index contributed by atoms with van der Waals surface area (Å²) in [5.74, 6) is 0.239. The Morgan fingerprint density at radius 1 is 1.27 bits per heavy atom. The van der Waals surface area contributed by atoms with Crippen LogP contribution >= 0.6 is 0 Å². The van der Waals surface area contributed by atoms with E-state index < -0.39 is 4.92 Å². The molecule has 0 spiro atoms. The number of carbonyl (C=O) groups excluding carboxylic acids is 1. The van der Waals surface area contributed by atoms with E-state index in [1.54, 1.807) is 0 Å². The summed E-state index contributed by atoms with van der Waals surface area (Å²) in [5.41, 5.74) is 2.14. The molecule has 0 fully saturated rings. The Kier molecular flexibility index (Phi) is 5.60. The lowest BCUT2D eigenvalue weighted by molar-refractivity contribution is -0.385.